The van der Waals surface area contributed by atoms with Gasteiger partial charge in [0.1, 0.15) is 11.4 Å². The maximum absolute atomic E-state index is 10.9. The molecule has 0 spiro atoms. The van der Waals surface area contributed by atoms with Crippen LogP contribution in [0.1, 0.15) is 27.9 Å². The normalized spacial score (nSPS) is 9.69. The van der Waals surface area contributed by atoms with Gasteiger partial charge in [-0.3, -0.25) is 4.79 Å². The highest BCUT2D eigenvalue weighted by molar-refractivity contribution is 9.10. The summed E-state index contributed by atoms with van der Waals surface area (Å²) in [4.78, 5) is 25.1. The Bertz CT molecular complexity index is 343. The summed E-state index contributed by atoms with van der Waals surface area (Å²) in [5, 5.41) is 8.62. The fraction of sp³-hybridized carbons (Fsp3) is 0.125. The molecule has 13 heavy (non-hydrogen) atoms. The Morgan fingerprint density at radius 3 is 2.38 bits per heavy atom. The standard InChI is InChI=1S/C8H6BrNO3/c1-4(11)6-2-5(9)3-7(10-6)8(12)13/h2-3H,1H3,(H,12,13). The van der Waals surface area contributed by atoms with Crippen LogP contribution in [0.2, 0.25) is 0 Å². The van der Waals surface area contributed by atoms with Crippen molar-refractivity contribution in [3.63, 3.8) is 0 Å². The lowest BCUT2D eigenvalue weighted by molar-refractivity contribution is 0.0690. The monoisotopic (exact) mass is 243 g/mol. The highest BCUT2D eigenvalue weighted by Gasteiger charge is 2.09. The molecule has 1 aromatic heterocycles. The zero-order valence-electron chi connectivity index (χ0n) is 6.74. The molecule has 0 bridgehead atoms. The van der Waals surface area contributed by atoms with Crippen LogP contribution in [0.15, 0.2) is 16.6 Å². The molecular weight excluding hydrogens is 238 g/mol. The molecule has 1 rings (SSSR count). The first kappa shape index (κ1) is 9.85. The molecule has 0 aliphatic heterocycles. The number of carbonyl (C=O) groups is 2. The largest absolute Gasteiger partial charge is 0.477 e. The zero-order valence-corrected chi connectivity index (χ0v) is 8.33. The van der Waals surface area contributed by atoms with Crippen LogP contribution < -0.4 is 0 Å². The van der Waals surface area contributed by atoms with E-state index in [2.05, 4.69) is 20.9 Å². The molecule has 4 nitrogen and oxygen atoms in total. The van der Waals surface area contributed by atoms with E-state index in [-0.39, 0.29) is 17.2 Å². The van der Waals surface area contributed by atoms with Crippen molar-refractivity contribution in [1.29, 1.82) is 0 Å². The number of ketones is 1. The fourth-order valence-corrected chi connectivity index (χ4v) is 1.22. The molecule has 1 aromatic rings. The minimum Gasteiger partial charge on any atom is -0.477 e. The van der Waals surface area contributed by atoms with Gasteiger partial charge in [-0.2, -0.15) is 0 Å². The molecule has 0 unspecified atom stereocenters. The minimum absolute atomic E-state index is 0.139. The number of carbonyl (C=O) groups excluding carboxylic acids is 1. The predicted molar refractivity (Wildman–Crippen MR) is 48.9 cm³/mol. The van der Waals surface area contributed by atoms with Gasteiger partial charge in [0.25, 0.3) is 0 Å². The Kier molecular flexibility index (Phi) is 2.77. The predicted octanol–water partition coefficient (Wildman–Crippen LogP) is 1.74. The highest BCUT2D eigenvalue weighted by atomic mass is 79.9. The number of nitrogens with zero attached hydrogens (tertiary/aromatic N) is 1. The Morgan fingerprint density at radius 1 is 1.38 bits per heavy atom. The smallest absolute Gasteiger partial charge is 0.354 e. The molecule has 0 atom stereocenters. The molecule has 0 saturated heterocycles. The summed E-state index contributed by atoms with van der Waals surface area (Å²) >= 11 is 3.09. The second-order valence-electron chi connectivity index (χ2n) is 2.42. The number of Topliss-reactive ketones (excluding diaryl/α,β-unsaturated/α-hetero) is 1. The number of hydrogen-bond acceptors (Lipinski definition) is 3. The first-order chi connectivity index (χ1) is 6.00. The van der Waals surface area contributed by atoms with Crippen LogP contribution in [0.4, 0.5) is 0 Å². The molecule has 0 amide bonds. The summed E-state index contributed by atoms with van der Waals surface area (Å²) in [6.07, 6.45) is 0. The highest BCUT2D eigenvalue weighted by Crippen LogP contribution is 2.13. The van der Waals surface area contributed by atoms with Crippen molar-refractivity contribution in [2.24, 2.45) is 0 Å². The van der Waals surface area contributed by atoms with Gasteiger partial charge in [-0.05, 0) is 12.1 Å². The maximum Gasteiger partial charge on any atom is 0.354 e. The molecule has 1 N–H and O–H groups in total. The molecule has 68 valence electrons. The number of hydrogen-bond donors (Lipinski definition) is 1. The average molecular weight is 244 g/mol. The molecule has 0 saturated carbocycles. The van der Waals surface area contributed by atoms with Crippen molar-refractivity contribution < 1.29 is 14.7 Å². The molecule has 0 fully saturated rings. The first-order valence-corrected chi connectivity index (χ1v) is 4.22. The summed E-state index contributed by atoms with van der Waals surface area (Å²) in [5.41, 5.74) is 0.00588. The Balaban J connectivity index is 3.26. The molecule has 0 aromatic carbocycles. The van der Waals surface area contributed by atoms with Crippen LogP contribution in [0.3, 0.4) is 0 Å². The first-order valence-electron chi connectivity index (χ1n) is 3.42. The maximum atomic E-state index is 10.9. The number of rotatable bonds is 2. The molecular formula is C8H6BrNO3. The molecule has 0 radical (unpaired) electrons. The SMILES string of the molecule is CC(=O)c1cc(Br)cc(C(=O)O)n1. The Hall–Kier alpha value is -1.23. The number of carboxylic acid groups (broad SMARTS) is 1. The number of pyridine rings is 1. The zero-order chi connectivity index (χ0) is 10.0. The lowest BCUT2D eigenvalue weighted by atomic mass is 10.2. The topological polar surface area (TPSA) is 67.3 Å². The van der Waals surface area contributed by atoms with E-state index < -0.39 is 5.97 Å². The quantitative estimate of drug-likeness (QED) is 0.804. The van der Waals surface area contributed by atoms with Gasteiger partial charge < -0.3 is 5.11 Å². The van der Waals surface area contributed by atoms with Crippen molar-refractivity contribution in [3.8, 4) is 0 Å². The summed E-state index contributed by atoms with van der Waals surface area (Å²) in [7, 11) is 0. The van der Waals surface area contributed by atoms with Crippen molar-refractivity contribution in [2.75, 3.05) is 0 Å². The van der Waals surface area contributed by atoms with Crippen LogP contribution >= 0.6 is 15.9 Å². The molecule has 5 heteroatoms. The fourth-order valence-electron chi connectivity index (χ4n) is 0.787. The lowest BCUT2D eigenvalue weighted by Crippen LogP contribution is -2.05. The van der Waals surface area contributed by atoms with Crippen molar-refractivity contribution in [2.45, 2.75) is 6.92 Å². The van der Waals surface area contributed by atoms with E-state index in [9.17, 15) is 9.59 Å². The van der Waals surface area contributed by atoms with Gasteiger partial charge >= 0.3 is 5.97 Å². The molecule has 0 aliphatic rings. The Labute approximate surface area is 82.7 Å². The van der Waals surface area contributed by atoms with Gasteiger partial charge in [0.05, 0.1) is 0 Å². The van der Waals surface area contributed by atoms with E-state index in [1.807, 2.05) is 0 Å². The summed E-state index contributed by atoms with van der Waals surface area (Å²) in [6.45, 7) is 1.33. The van der Waals surface area contributed by atoms with Crippen LogP contribution in [0.25, 0.3) is 0 Å². The summed E-state index contributed by atoms with van der Waals surface area (Å²) in [5.74, 6) is -1.41. The number of aromatic carboxylic acids is 1. The number of carboxylic acids is 1. The third-order valence-corrected chi connectivity index (χ3v) is 1.83. The third kappa shape index (κ3) is 2.35. The van der Waals surface area contributed by atoms with Crippen molar-refractivity contribution in [1.82, 2.24) is 4.98 Å². The summed E-state index contributed by atoms with van der Waals surface area (Å²) in [6, 6.07) is 2.82. The van der Waals surface area contributed by atoms with Crippen molar-refractivity contribution >= 4 is 27.7 Å². The summed E-state index contributed by atoms with van der Waals surface area (Å²) < 4.78 is 0.533. The van der Waals surface area contributed by atoms with Crippen molar-refractivity contribution in [3.05, 3.63) is 28.0 Å². The van der Waals surface area contributed by atoms with Gasteiger partial charge in [0, 0.05) is 11.4 Å². The van der Waals surface area contributed by atoms with E-state index >= 15 is 0 Å². The van der Waals surface area contributed by atoms with Gasteiger partial charge in [-0.15, -0.1) is 0 Å². The lowest BCUT2D eigenvalue weighted by Gasteiger charge is -1.98. The molecule has 0 aliphatic carbocycles. The van der Waals surface area contributed by atoms with Crippen LogP contribution in [-0.4, -0.2) is 21.8 Å². The van der Waals surface area contributed by atoms with Crippen LogP contribution in [0, 0.1) is 0 Å². The van der Waals surface area contributed by atoms with Gasteiger partial charge in [0.15, 0.2) is 5.78 Å². The van der Waals surface area contributed by atoms with Gasteiger partial charge in [0.2, 0.25) is 0 Å². The van der Waals surface area contributed by atoms with E-state index in [1.165, 1.54) is 19.1 Å². The molecule has 1 heterocycles. The van der Waals surface area contributed by atoms with E-state index in [1.54, 1.807) is 0 Å². The van der Waals surface area contributed by atoms with E-state index in [0.717, 1.165) is 0 Å². The van der Waals surface area contributed by atoms with E-state index in [0.29, 0.717) is 4.47 Å². The number of aromatic nitrogens is 1. The Morgan fingerprint density at radius 2 is 1.92 bits per heavy atom. The minimum atomic E-state index is -1.15. The van der Waals surface area contributed by atoms with Crippen LogP contribution in [-0.2, 0) is 0 Å². The average Bonchev–Trinajstić information content (AvgIpc) is 2.03. The second kappa shape index (κ2) is 3.66. The third-order valence-electron chi connectivity index (χ3n) is 1.37. The second-order valence-corrected chi connectivity index (χ2v) is 3.33. The van der Waals surface area contributed by atoms with E-state index in [4.69, 9.17) is 5.11 Å². The van der Waals surface area contributed by atoms with Gasteiger partial charge in [-0.1, -0.05) is 15.9 Å². The number of halogens is 1. The van der Waals surface area contributed by atoms with Gasteiger partial charge in [-0.25, -0.2) is 9.78 Å². The van der Waals surface area contributed by atoms with Crippen LogP contribution in [0.5, 0.6) is 0 Å².